The molecule has 0 aromatic rings. The van der Waals surface area contributed by atoms with Crippen molar-refractivity contribution in [3.8, 4) is 0 Å². The van der Waals surface area contributed by atoms with E-state index in [1.165, 1.54) is 0 Å². The highest BCUT2D eigenvalue weighted by Gasteiger charge is 2.27. The van der Waals surface area contributed by atoms with Crippen molar-refractivity contribution in [2.45, 2.75) is 26.4 Å². The molecule has 1 aliphatic heterocycles. The largest absolute Gasteiger partial charge is 0.444 e. The van der Waals surface area contributed by atoms with Crippen LogP contribution in [0.3, 0.4) is 0 Å². The number of ether oxygens (including phenoxy) is 2. The Morgan fingerprint density at radius 1 is 1.59 bits per heavy atom. The Hall–Kier alpha value is -1.28. The van der Waals surface area contributed by atoms with Gasteiger partial charge in [-0.25, -0.2) is 11.4 Å². The van der Waals surface area contributed by atoms with Crippen LogP contribution in [0.15, 0.2) is 0 Å². The summed E-state index contributed by atoms with van der Waals surface area (Å²) in [6, 6.07) is 0. The first-order valence-corrected chi connectivity index (χ1v) is 5.81. The van der Waals surface area contributed by atoms with Gasteiger partial charge < -0.3 is 19.2 Å². The molecule has 96 valence electrons. The van der Waals surface area contributed by atoms with E-state index in [0.717, 1.165) is 0 Å². The van der Waals surface area contributed by atoms with Crippen LogP contribution in [0.25, 0.3) is 4.85 Å². The lowest BCUT2D eigenvalue weighted by atomic mass is 10.1. The maximum absolute atomic E-state index is 11.9. The van der Waals surface area contributed by atoms with Crippen molar-refractivity contribution >= 4 is 6.09 Å². The van der Waals surface area contributed by atoms with Crippen molar-refractivity contribution in [1.82, 2.24) is 4.90 Å². The fraction of sp³-hybridized carbons (Fsp3) is 0.833. The minimum absolute atomic E-state index is 0.0857. The Balaban J connectivity index is 2.56. The van der Waals surface area contributed by atoms with Crippen molar-refractivity contribution in [1.29, 1.82) is 0 Å². The Morgan fingerprint density at radius 2 is 2.29 bits per heavy atom. The highest BCUT2D eigenvalue weighted by Crippen LogP contribution is 2.13. The van der Waals surface area contributed by atoms with E-state index >= 15 is 0 Å². The van der Waals surface area contributed by atoms with Gasteiger partial charge in [0.05, 0.1) is 19.1 Å². The molecule has 0 aromatic carbocycles. The summed E-state index contributed by atoms with van der Waals surface area (Å²) in [5.74, 6) is 0.0857. The molecule has 5 nitrogen and oxygen atoms in total. The Bertz CT molecular complexity index is 304. The third-order valence-electron chi connectivity index (χ3n) is 2.34. The van der Waals surface area contributed by atoms with Crippen molar-refractivity contribution in [2.24, 2.45) is 5.92 Å². The number of carbonyl (C=O) groups excluding carboxylic acids is 1. The zero-order chi connectivity index (χ0) is 12.9. The zero-order valence-electron chi connectivity index (χ0n) is 10.7. The van der Waals surface area contributed by atoms with Crippen LogP contribution in [0.1, 0.15) is 20.8 Å². The van der Waals surface area contributed by atoms with Crippen molar-refractivity contribution in [3.63, 3.8) is 0 Å². The monoisotopic (exact) mass is 240 g/mol. The van der Waals surface area contributed by atoms with Gasteiger partial charge in [-0.15, -0.1) is 0 Å². The highest BCUT2D eigenvalue weighted by molar-refractivity contribution is 5.68. The van der Waals surface area contributed by atoms with E-state index in [4.69, 9.17) is 16.0 Å². The first-order valence-electron chi connectivity index (χ1n) is 5.81. The molecule has 1 aliphatic rings. The van der Waals surface area contributed by atoms with E-state index < -0.39 is 5.60 Å². The quantitative estimate of drug-likeness (QED) is 0.656. The summed E-state index contributed by atoms with van der Waals surface area (Å²) in [7, 11) is 0. The van der Waals surface area contributed by atoms with Crippen LogP contribution < -0.4 is 0 Å². The van der Waals surface area contributed by atoms with E-state index in [-0.39, 0.29) is 12.0 Å². The Labute approximate surface area is 102 Å². The summed E-state index contributed by atoms with van der Waals surface area (Å²) in [4.78, 5) is 16.9. The van der Waals surface area contributed by atoms with Gasteiger partial charge in [0.15, 0.2) is 0 Å². The third-order valence-corrected chi connectivity index (χ3v) is 2.34. The molecule has 17 heavy (non-hydrogen) atoms. The molecule has 0 bridgehead atoms. The molecule has 0 N–H and O–H groups in total. The van der Waals surface area contributed by atoms with Gasteiger partial charge in [0, 0.05) is 13.1 Å². The average Bonchev–Trinajstić information content (AvgIpc) is 2.41. The average molecular weight is 240 g/mol. The standard InChI is InChI=1S/C12H20N2O3/c1-12(2,3)17-11(15)14-5-6-16-9-10(8-14)7-13-4/h10H,5-9H2,1-3H3. The summed E-state index contributed by atoms with van der Waals surface area (Å²) in [6.07, 6.45) is -0.321. The van der Waals surface area contributed by atoms with Crippen LogP contribution >= 0.6 is 0 Å². The predicted octanol–water partition coefficient (Wildman–Crippen LogP) is 1.79. The van der Waals surface area contributed by atoms with Crippen LogP contribution in [0.2, 0.25) is 0 Å². The van der Waals surface area contributed by atoms with E-state index in [1.54, 1.807) is 4.90 Å². The maximum atomic E-state index is 11.9. The summed E-state index contributed by atoms with van der Waals surface area (Å²) >= 11 is 0. The van der Waals surface area contributed by atoms with Gasteiger partial charge in [-0.2, -0.15) is 0 Å². The first kappa shape index (κ1) is 13.8. The fourth-order valence-electron chi connectivity index (χ4n) is 1.61. The summed E-state index contributed by atoms with van der Waals surface area (Å²) < 4.78 is 10.7. The highest BCUT2D eigenvalue weighted by atomic mass is 16.6. The molecule has 5 heteroatoms. The molecule has 1 saturated heterocycles. The lowest BCUT2D eigenvalue weighted by molar-refractivity contribution is 0.0235. The molecule has 1 heterocycles. The summed E-state index contributed by atoms with van der Waals surface area (Å²) in [5.41, 5.74) is -0.487. The number of rotatable bonds is 1. The molecular weight excluding hydrogens is 220 g/mol. The van der Waals surface area contributed by atoms with E-state index in [0.29, 0.717) is 32.8 Å². The summed E-state index contributed by atoms with van der Waals surface area (Å²) in [5, 5.41) is 0. The summed E-state index contributed by atoms with van der Waals surface area (Å²) in [6.45, 7) is 14.9. The van der Waals surface area contributed by atoms with Gasteiger partial charge in [0.25, 0.3) is 0 Å². The van der Waals surface area contributed by atoms with Gasteiger partial charge in [-0.05, 0) is 20.8 Å². The molecule has 1 rings (SSSR count). The second-order valence-electron chi connectivity index (χ2n) is 5.21. The number of carbonyl (C=O) groups is 1. The maximum Gasteiger partial charge on any atom is 0.410 e. The molecule has 0 radical (unpaired) electrons. The van der Waals surface area contributed by atoms with Gasteiger partial charge in [-0.1, -0.05) is 0 Å². The fourth-order valence-corrected chi connectivity index (χ4v) is 1.61. The molecule has 1 unspecified atom stereocenters. The minimum Gasteiger partial charge on any atom is -0.444 e. The molecule has 0 spiro atoms. The first-order chi connectivity index (χ1) is 7.92. The van der Waals surface area contributed by atoms with E-state index in [1.807, 2.05) is 20.8 Å². The molecule has 1 amide bonds. The molecule has 0 aliphatic carbocycles. The van der Waals surface area contributed by atoms with Crippen LogP contribution in [0, 0.1) is 12.5 Å². The van der Waals surface area contributed by atoms with Gasteiger partial charge in [0.1, 0.15) is 5.60 Å². The topological polar surface area (TPSA) is 43.1 Å². The molecular formula is C12H20N2O3. The normalized spacial score (nSPS) is 21.5. The smallest absolute Gasteiger partial charge is 0.410 e. The van der Waals surface area contributed by atoms with Gasteiger partial charge >= 0.3 is 6.09 Å². The molecule has 1 fully saturated rings. The molecule has 1 atom stereocenters. The molecule has 0 saturated carbocycles. The number of hydrogen-bond donors (Lipinski definition) is 0. The Morgan fingerprint density at radius 3 is 2.88 bits per heavy atom. The van der Waals surface area contributed by atoms with Gasteiger partial charge in [-0.3, -0.25) is 0 Å². The van der Waals surface area contributed by atoms with E-state index in [9.17, 15) is 4.79 Å². The van der Waals surface area contributed by atoms with Crippen LogP contribution in [-0.2, 0) is 9.47 Å². The van der Waals surface area contributed by atoms with Gasteiger partial charge in [0.2, 0.25) is 6.54 Å². The SMILES string of the molecule is [C-]#[N+]CC1COCCN(C(=O)OC(C)(C)C)C1. The van der Waals surface area contributed by atoms with Crippen molar-refractivity contribution in [3.05, 3.63) is 11.4 Å². The number of nitrogens with zero attached hydrogens (tertiary/aromatic N) is 2. The lowest BCUT2D eigenvalue weighted by Gasteiger charge is -2.26. The van der Waals surface area contributed by atoms with Crippen LogP contribution in [0.4, 0.5) is 4.79 Å². The zero-order valence-corrected chi connectivity index (χ0v) is 10.7. The predicted molar refractivity (Wildman–Crippen MR) is 63.6 cm³/mol. The second-order valence-corrected chi connectivity index (χ2v) is 5.21. The number of amides is 1. The van der Waals surface area contributed by atoms with E-state index in [2.05, 4.69) is 4.85 Å². The number of hydrogen-bond acceptors (Lipinski definition) is 3. The Kier molecular flexibility index (Phi) is 4.76. The van der Waals surface area contributed by atoms with Crippen molar-refractivity contribution in [2.75, 3.05) is 32.8 Å². The second kappa shape index (κ2) is 5.87. The lowest BCUT2D eigenvalue weighted by Crippen LogP contribution is -2.40. The third kappa shape index (κ3) is 5.05. The van der Waals surface area contributed by atoms with Crippen molar-refractivity contribution < 1.29 is 14.3 Å². The van der Waals surface area contributed by atoms with Crippen LogP contribution in [0.5, 0.6) is 0 Å². The molecule has 0 aromatic heterocycles. The van der Waals surface area contributed by atoms with Crippen LogP contribution in [-0.4, -0.2) is 49.4 Å². The minimum atomic E-state index is -0.487.